The zero-order valence-electron chi connectivity index (χ0n) is 21.2. The molecule has 3 aromatic rings. The Labute approximate surface area is 228 Å². The minimum absolute atomic E-state index is 0.0500. The van der Waals surface area contributed by atoms with Crippen molar-refractivity contribution in [2.45, 2.75) is 26.2 Å². The maximum absolute atomic E-state index is 12.7. The van der Waals surface area contributed by atoms with Gasteiger partial charge in [-0.2, -0.15) is 4.89 Å². The molecule has 0 saturated carbocycles. The lowest BCUT2D eigenvalue weighted by Crippen LogP contribution is -2.32. The van der Waals surface area contributed by atoms with Gasteiger partial charge in [-0.05, 0) is 54.1 Å². The second-order valence-electron chi connectivity index (χ2n) is 8.21. The number of ether oxygens (including phenoxy) is 4. The molecule has 0 spiro atoms. The summed E-state index contributed by atoms with van der Waals surface area (Å²) < 4.78 is 20.6. The van der Waals surface area contributed by atoms with Gasteiger partial charge in [0.05, 0.1) is 16.7 Å². The number of hydrogen-bond donors (Lipinski definition) is 2. The van der Waals surface area contributed by atoms with Crippen molar-refractivity contribution < 1.29 is 53.3 Å². The summed E-state index contributed by atoms with van der Waals surface area (Å²) in [6, 6.07) is 16.4. The molecule has 40 heavy (non-hydrogen) atoms. The number of carboxylic acid groups (broad SMARTS) is 2. The molecule has 0 radical (unpaired) electrons. The number of terminal acetylenes is 1. The van der Waals surface area contributed by atoms with E-state index in [9.17, 15) is 24.6 Å². The molecule has 204 valence electrons. The molecule has 2 N–H and O–H groups in total. The molecule has 0 heterocycles. The maximum Gasteiger partial charge on any atom is 0.341 e. The molecule has 0 bridgehead atoms. The van der Waals surface area contributed by atoms with Crippen LogP contribution in [0.25, 0.3) is 0 Å². The van der Waals surface area contributed by atoms with Gasteiger partial charge in [-0.1, -0.05) is 24.6 Å². The first-order valence-electron chi connectivity index (χ1n) is 11.4. The van der Waals surface area contributed by atoms with Crippen LogP contribution in [0.3, 0.4) is 0 Å². The number of esters is 1. The van der Waals surface area contributed by atoms with Crippen LogP contribution < -0.4 is 14.2 Å². The molecule has 0 atom stereocenters. The van der Waals surface area contributed by atoms with Gasteiger partial charge in [0.1, 0.15) is 30.0 Å². The first-order chi connectivity index (χ1) is 19.1. The number of carboxylic acids is 2. The van der Waals surface area contributed by atoms with Crippen molar-refractivity contribution in [3.05, 3.63) is 89.0 Å². The standard InChI is InChI=1S/C29H22O11/c1-4-35-22-11-13-24(27(32)33)25(17-22)28(34)39-29(2,3)40-38-18-19-16-21(10-12-23(19)26(30)31)37-15-14-36-20-8-6-5-7-9-20/h1,5-13,16-17H,18H2,2-3H3,(H,30,31)(H,32,33). The van der Waals surface area contributed by atoms with Crippen molar-refractivity contribution in [3.63, 3.8) is 0 Å². The van der Waals surface area contributed by atoms with Crippen LogP contribution in [0, 0.1) is 24.7 Å². The van der Waals surface area contributed by atoms with Crippen molar-refractivity contribution >= 4 is 17.9 Å². The molecular weight excluding hydrogens is 524 g/mol. The predicted octanol–water partition coefficient (Wildman–Crippen LogP) is 4.47. The van der Waals surface area contributed by atoms with E-state index >= 15 is 0 Å². The normalized spacial score (nSPS) is 10.3. The Bertz CT molecular complexity index is 1490. The van der Waals surface area contributed by atoms with Gasteiger partial charge in [0.2, 0.25) is 5.79 Å². The van der Waals surface area contributed by atoms with Crippen LogP contribution in [-0.4, -0.2) is 33.9 Å². The maximum atomic E-state index is 12.7. The molecule has 0 aromatic heterocycles. The summed E-state index contributed by atoms with van der Waals surface area (Å²) in [6.07, 6.45) is 11.7. The SMILES string of the molecule is C#COc1ccc(C(=O)O)c(C(=O)OC(C)(C)OOCc2cc(OC#COc3ccccc3)ccc2C(=O)O)c1. The second-order valence-corrected chi connectivity index (χ2v) is 8.21. The highest BCUT2D eigenvalue weighted by molar-refractivity contribution is 6.02. The van der Waals surface area contributed by atoms with Gasteiger partial charge in [-0.3, -0.25) is 0 Å². The molecule has 0 unspecified atom stereocenters. The Morgan fingerprint density at radius 3 is 2.00 bits per heavy atom. The third kappa shape index (κ3) is 8.26. The van der Waals surface area contributed by atoms with E-state index in [0.717, 1.165) is 12.1 Å². The van der Waals surface area contributed by atoms with Gasteiger partial charge in [-0.15, -0.1) is 0 Å². The first-order valence-corrected chi connectivity index (χ1v) is 11.4. The van der Waals surface area contributed by atoms with Crippen molar-refractivity contribution in [2.24, 2.45) is 0 Å². The fraction of sp³-hybridized carbons (Fsp3) is 0.138. The van der Waals surface area contributed by atoms with Crippen LogP contribution in [-0.2, 0) is 21.1 Å². The summed E-state index contributed by atoms with van der Waals surface area (Å²) in [5, 5.41) is 18.9. The Morgan fingerprint density at radius 1 is 0.775 bits per heavy atom. The molecular formula is C29H22O11. The van der Waals surface area contributed by atoms with Crippen LogP contribution in [0.2, 0.25) is 0 Å². The van der Waals surface area contributed by atoms with E-state index in [-0.39, 0.29) is 40.4 Å². The molecule has 0 fully saturated rings. The number of aromatic carboxylic acids is 2. The molecule has 0 amide bonds. The summed E-state index contributed by atoms with van der Waals surface area (Å²) in [6.45, 7) is 2.26. The average molecular weight is 546 g/mol. The third-order valence-electron chi connectivity index (χ3n) is 4.86. The van der Waals surface area contributed by atoms with Crippen LogP contribution in [0.4, 0.5) is 0 Å². The van der Waals surface area contributed by atoms with Crippen LogP contribution in [0.1, 0.15) is 50.5 Å². The second kappa shape index (κ2) is 13.3. The minimum Gasteiger partial charge on any atom is -0.478 e. The van der Waals surface area contributed by atoms with Gasteiger partial charge >= 0.3 is 17.9 Å². The molecule has 0 saturated heterocycles. The zero-order chi connectivity index (χ0) is 29.1. The number of carbonyl (C=O) groups excluding carboxylic acids is 1. The monoisotopic (exact) mass is 546 g/mol. The Balaban J connectivity index is 1.65. The lowest BCUT2D eigenvalue weighted by Gasteiger charge is -2.24. The minimum atomic E-state index is -1.73. The van der Waals surface area contributed by atoms with Crippen molar-refractivity contribution in [3.8, 4) is 42.0 Å². The number of rotatable bonds is 11. The number of hydrogen-bond acceptors (Lipinski definition) is 9. The molecule has 3 rings (SSSR count). The van der Waals surface area contributed by atoms with E-state index in [0.29, 0.717) is 5.75 Å². The fourth-order valence-electron chi connectivity index (χ4n) is 3.15. The number of para-hydroxylation sites is 1. The van der Waals surface area contributed by atoms with Crippen molar-refractivity contribution in [1.29, 1.82) is 0 Å². The molecule has 0 aliphatic carbocycles. The van der Waals surface area contributed by atoms with Crippen LogP contribution in [0.5, 0.6) is 17.2 Å². The molecule has 0 aliphatic heterocycles. The molecule has 11 nitrogen and oxygen atoms in total. The summed E-state index contributed by atoms with van der Waals surface area (Å²) in [4.78, 5) is 46.3. The highest BCUT2D eigenvalue weighted by Crippen LogP contribution is 2.24. The third-order valence-corrected chi connectivity index (χ3v) is 4.86. The molecule has 0 aliphatic rings. The highest BCUT2D eigenvalue weighted by Gasteiger charge is 2.29. The van der Waals surface area contributed by atoms with Crippen LogP contribution in [0.15, 0.2) is 66.7 Å². The predicted molar refractivity (Wildman–Crippen MR) is 137 cm³/mol. The van der Waals surface area contributed by atoms with E-state index in [1.165, 1.54) is 38.1 Å². The quantitative estimate of drug-likeness (QED) is 0.115. The zero-order valence-corrected chi connectivity index (χ0v) is 21.2. The van der Waals surface area contributed by atoms with Crippen molar-refractivity contribution in [2.75, 3.05) is 0 Å². The summed E-state index contributed by atoms with van der Waals surface area (Å²) in [5.41, 5.74) is -0.639. The van der Waals surface area contributed by atoms with E-state index < -0.39 is 23.7 Å². The first kappa shape index (κ1) is 29.1. The molecule has 3 aromatic carbocycles. The lowest BCUT2D eigenvalue weighted by molar-refractivity contribution is -0.411. The van der Waals surface area contributed by atoms with Gasteiger partial charge in [0.15, 0.2) is 12.2 Å². The lowest BCUT2D eigenvalue weighted by atomic mass is 10.1. The average Bonchev–Trinajstić information content (AvgIpc) is 2.91. The summed E-state index contributed by atoms with van der Waals surface area (Å²) in [7, 11) is 0. The smallest absolute Gasteiger partial charge is 0.341 e. The number of benzene rings is 3. The highest BCUT2D eigenvalue weighted by atomic mass is 17.2. The van der Waals surface area contributed by atoms with E-state index in [4.69, 9.17) is 35.1 Å². The van der Waals surface area contributed by atoms with E-state index in [1.807, 2.05) is 12.2 Å². The van der Waals surface area contributed by atoms with Gasteiger partial charge < -0.3 is 29.2 Å². The van der Waals surface area contributed by atoms with Gasteiger partial charge in [-0.25, -0.2) is 19.3 Å². The largest absolute Gasteiger partial charge is 0.478 e. The molecule has 11 heteroatoms. The fourth-order valence-corrected chi connectivity index (χ4v) is 3.15. The summed E-state index contributed by atoms with van der Waals surface area (Å²) >= 11 is 0. The topological polar surface area (TPSA) is 147 Å². The van der Waals surface area contributed by atoms with Gasteiger partial charge in [0, 0.05) is 13.8 Å². The van der Waals surface area contributed by atoms with E-state index in [1.54, 1.807) is 24.3 Å². The summed E-state index contributed by atoms with van der Waals surface area (Å²) in [5.74, 6) is -4.64. The van der Waals surface area contributed by atoms with E-state index in [2.05, 4.69) is 12.2 Å². The Hall–Kier alpha value is -5.49. The van der Waals surface area contributed by atoms with Crippen molar-refractivity contribution in [1.82, 2.24) is 0 Å². The number of carbonyl (C=O) groups is 3. The Kier molecular flexibility index (Phi) is 9.70. The van der Waals surface area contributed by atoms with Crippen LogP contribution >= 0.6 is 0 Å². The van der Waals surface area contributed by atoms with Gasteiger partial charge in [0.25, 0.3) is 0 Å². The Morgan fingerprint density at radius 2 is 1.38 bits per heavy atom.